The minimum atomic E-state index is -0.244. The van der Waals surface area contributed by atoms with Gasteiger partial charge in [0.05, 0.1) is 17.0 Å². The van der Waals surface area contributed by atoms with Crippen LogP contribution in [0.3, 0.4) is 0 Å². The first-order valence-electron chi connectivity index (χ1n) is 5.85. The van der Waals surface area contributed by atoms with Crippen molar-refractivity contribution in [2.24, 2.45) is 0 Å². The average molecular weight is 321 g/mol. The number of carbonyl (C=O) groups excluding carboxylic acids is 1. The number of nitrogens with zero attached hydrogens (tertiary/aromatic N) is 3. The van der Waals surface area contributed by atoms with Crippen LogP contribution in [0.4, 0.5) is 5.82 Å². The highest BCUT2D eigenvalue weighted by Crippen LogP contribution is 2.17. The van der Waals surface area contributed by atoms with E-state index in [9.17, 15) is 4.79 Å². The van der Waals surface area contributed by atoms with E-state index >= 15 is 0 Å². The molecule has 0 spiro atoms. The van der Waals surface area contributed by atoms with Crippen LogP contribution < -0.4 is 5.32 Å². The fourth-order valence-electron chi connectivity index (χ4n) is 1.62. The first kappa shape index (κ1) is 13.6. The molecule has 5 nitrogen and oxygen atoms in total. The van der Waals surface area contributed by atoms with Gasteiger partial charge in [0.1, 0.15) is 12.1 Å². The van der Waals surface area contributed by atoms with Gasteiger partial charge >= 0.3 is 0 Å². The van der Waals surface area contributed by atoms with Crippen molar-refractivity contribution in [1.29, 1.82) is 0 Å². The summed E-state index contributed by atoms with van der Waals surface area (Å²) in [6.07, 6.45) is 3.64. The van der Waals surface area contributed by atoms with Gasteiger partial charge in [0.15, 0.2) is 0 Å². The summed E-state index contributed by atoms with van der Waals surface area (Å²) in [5.41, 5.74) is 2.02. The van der Waals surface area contributed by atoms with Crippen LogP contribution in [-0.4, -0.2) is 20.9 Å². The van der Waals surface area contributed by atoms with Gasteiger partial charge in [-0.05, 0) is 41.4 Å². The third-order valence-corrected chi connectivity index (χ3v) is 3.48. The molecule has 0 radical (unpaired) electrons. The molecule has 19 heavy (non-hydrogen) atoms. The number of hydrogen-bond donors (Lipinski definition) is 1. The second-order valence-electron chi connectivity index (χ2n) is 3.95. The van der Waals surface area contributed by atoms with E-state index in [2.05, 4.69) is 36.2 Å². The SMILES string of the molecule is CCc1ncncc1C(=O)Nc1ccc(Br)c(C)n1. The number of rotatable bonds is 3. The molecular formula is C13H13BrN4O. The minimum absolute atomic E-state index is 0.244. The van der Waals surface area contributed by atoms with Gasteiger partial charge in [-0.3, -0.25) is 4.79 Å². The van der Waals surface area contributed by atoms with Crippen molar-refractivity contribution in [2.75, 3.05) is 5.32 Å². The molecule has 0 atom stereocenters. The zero-order valence-electron chi connectivity index (χ0n) is 10.6. The summed E-state index contributed by atoms with van der Waals surface area (Å²) in [6, 6.07) is 3.59. The molecule has 0 saturated carbocycles. The molecule has 0 saturated heterocycles. The van der Waals surface area contributed by atoms with E-state index in [0.29, 0.717) is 17.8 Å². The molecule has 0 aliphatic rings. The molecular weight excluding hydrogens is 308 g/mol. The molecule has 1 N–H and O–H groups in total. The fourth-order valence-corrected chi connectivity index (χ4v) is 1.84. The number of pyridine rings is 1. The van der Waals surface area contributed by atoms with E-state index in [4.69, 9.17) is 0 Å². The maximum Gasteiger partial charge on any atom is 0.260 e. The summed E-state index contributed by atoms with van der Waals surface area (Å²) < 4.78 is 0.905. The van der Waals surface area contributed by atoms with Crippen molar-refractivity contribution in [3.63, 3.8) is 0 Å². The maximum atomic E-state index is 12.1. The molecule has 0 aliphatic carbocycles. The topological polar surface area (TPSA) is 67.8 Å². The molecule has 1 amide bonds. The molecule has 2 aromatic heterocycles. The number of carbonyl (C=O) groups is 1. The molecule has 0 unspecified atom stereocenters. The van der Waals surface area contributed by atoms with Crippen LogP contribution in [0.1, 0.15) is 28.7 Å². The number of aryl methyl sites for hydroxylation is 2. The van der Waals surface area contributed by atoms with Crippen LogP contribution in [0.25, 0.3) is 0 Å². The number of aromatic nitrogens is 3. The standard InChI is InChI=1S/C13H13BrN4O/c1-3-11-9(6-15-7-16-11)13(19)18-12-5-4-10(14)8(2)17-12/h4-7H,3H2,1-2H3,(H,17,18,19). The summed E-state index contributed by atoms with van der Waals surface area (Å²) >= 11 is 3.37. The Balaban J connectivity index is 2.23. The highest BCUT2D eigenvalue weighted by molar-refractivity contribution is 9.10. The molecule has 2 aromatic rings. The van der Waals surface area contributed by atoms with Crippen molar-refractivity contribution in [2.45, 2.75) is 20.3 Å². The Morgan fingerprint density at radius 3 is 2.89 bits per heavy atom. The maximum absolute atomic E-state index is 12.1. The lowest BCUT2D eigenvalue weighted by molar-refractivity contribution is 0.102. The highest BCUT2D eigenvalue weighted by atomic mass is 79.9. The summed E-state index contributed by atoms with van der Waals surface area (Å²) in [7, 11) is 0. The van der Waals surface area contributed by atoms with Gasteiger partial charge in [0.25, 0.3) is 5.91 Å². The second kappa shape index (κ2) is 5.88. The van der Waals surface area contributed by atoms with Crippen LogP contribution in [0.2, 0.25) is 0 Å². The lowest BCUT2D eigenvalue weighted by Gasteiger charge is -2.08. The monoisotopic (exact) mass is 320 g/mol. The van der Waals surface area contributed by atoms with Crippen molar-refractivity contribution < 1.29 is 4.79 Å². The average Bonchev–Trinajstić information content (AvgIpc) is 2.43. The Kier molecular flexibility index (Phi) is 4.21. The Morgan fingerprint density at radius 2 is 2.21 bits per heavy atom. The molecule has 2 rings (SSSR count). The summed E-state index contributed by atoms with van der Waals surface area (Å²) in [4.78, 5) is 24.4. The molecule has 0 aromatic carbocycles. The molecule has 0 aliphatic heterocycles. The zero-order chi connectivity index (χ0) is 13.8. The van der Waals surface area contributed by atoms with Gasteiger partial charge in [0, 0.05) is 10.7 Å². The van der Waals surface area contributed by atoms with Crippen LogP contribution in [0.5, 0.6) is 0 Å². The largest absolute Gasteiger partial charge is 0.306 e. The summed E-state index contributed by atoms with van der Waals surface area (Å²) in [5, 5.41) is 2.75. The first-order chi connectivity index (χ1) is 9.11. The van der Waals surface area contributed by atoms with E-state index in [1.54, 1.807) is 6.07 Å². The lowest BCUT2D eigenvalue weighted by atomic mass is 10.2. The van der Waals surface area contributed by atoms with Crippen LogP contribution in [0.15, 0.2) is 29.1 Å². The third kappa shape index (κ3) is 3.14. The quantitative estimate of drug-likeness (QED) is 0.944. The number of anilines is 1. The number of hydrogen-bond acceptors (Lipinski definition) is 4. The Labute approximate surface area is 119 Å². The normalized spacial score (nSPS) is 10.3. The Morgan fingerprint density at radius 1 is 1.42 bits per heavy atom. The second-order valence-corrected chi connectivity index (χ2v) is 4.81. The van der Waals surface area contributed by atoms with Crippen molar-refractivity contribution in [1.82, 2.24) is 15.0 Å². The molecule has 2 heterocycles. The van der Waals surface area contributed by atoms with Crippen molar-refractivity contribution >= 4 is 27.7 Å². The van der Waals surface area contributed by atoms with Crippen LogP contribution in [0, 0.1) is 6.92 Å². The van der Waals surface area contributed by atoms with Gasteiger partial charge in [-0.1, -0.05) is 6.92 Å². The van der Waals surface area contributed by atoms with Gasteiger partial charge < -0.3 is 5.32 Å². The Bertz CT molecular complexity index is 615. The number of nitrogens with one attached hydrogen (secondary N) is 1. The summed E-state index contributed by atoms with van der Waals surface area (Å²) in [5.74, 6) is 0.267. The van der Waals surface area contributed by atoms with E-state index in [0.717, 1.165) is 15.9 Å². The van der Waals surface area contributed by atoms with Crippen LogP contribution >= 0.6 is 15.9 Å². The van der Waals surface area contributed by atoms with Gasteiger partial charge in [-0.15, -0.1) is 0 Å². The first-order valence-corrected chi connectivity index (χ1v) is 6.64. The zero-order valence-corrected chi connectivity index (χ0v) is 12.2. The minimum Gasteiger partial charge on any atom is -0.306 e. The predicted molar refractivity (Wildman–Crippen MR) is 76.0 cm³/mol. The molecule has 98 valence electrons. The predicted octanol–water partition coefficient (Wildman–Crippen LogP) is 2.76. The molecule has 6 heteroatoms. The van der Waals surface area contributed by atoms with E-state index in [-0.39, 0.29) is 5.91 Å². The lowest BCUT2D eigenvalue weighted by Crippen LogP contribution is -2.16. The highest BCUT2D eigenvalue weighted by Gasteiger charge is 2.12. The van der Waals surface area contributed by atoms with E-state index < -0.39 is 0 Å². The number of amides is 1. The molecule has 0 bridgehead atoms. The van der Waals surface area contributed by atoms with Crippen molar-refractivity contribution in [3.8, 4) is 0 Å². The summed E-state index contributed by atoms with van der Waals surface area (Å²) in [6.45, 7) is 3.81. The van der Waals surface area contributed by atoms with Crippen molar-refractivity contribution in [3.05, 3.63) is 46.1 Å². The van der Waals surface area contributed by atoms with E-state index in [1.165, 1.54) is 12.5 Å². The van der Waals surface area contributed by atoms with Crippen LogP contribution in [-0.2, 0) is 6.42 Å². The molecule has 0 fully saturated rings. The van der Waals surface area contributed by atoms with Gasteiger partial charge in [-0.2, -0.15) is 0 Å². The smallest absolute Gasteiger partial charge is 0.260 e. The van der Waals surface area contributed by atoms with Gasteiger partial charge in [-0.25, -0.2) is 15.0 Å². The van der Waals surface area contributed by atoms with E-state index in [1.807, 2.05) is 19.9 Å². The Hall–Kier alpha value is -1.82. The third-order valence-electron chi connectivity index (χ3n) is 2.64. The number of halogens is 1. The fraction of sp³-hybridized carbons (Fsp3) is 0.231. The van der Waals surface area contributed by atoms with Gasteiger partial charge in [0.2, 0.25) is 0 Å².